The second kappa shape index (κ2) is 5.14. The van der Waals surface area contributed by atoms with E-state index in [1.54, 1.807) is 6.07 Å². The Morgan fingerprint density at radius 2 is 1.91 bits per heavy atom. The van der Waals surface area contributed by atoms with E-state index in [2.05, 4.69) is 10.1 Å². The first-order chi connectivity index (χ1) is 10.9. The highest BCUT2D eigenvalue weighted by Gasteiger charge is 2.41. The number of sulfonamides is 1. The minimum atomic E-state index is -3.44. The summed E-state index contributed by atoms with van der Waals surface area (Å²) in [7, 11) is -3.44. The van der Waals surface area contributed by atoms with Gasteiger partial charge in [-0.05, 0) is 38.3 Å². The molecule has 1 aliphatic carbocycles. The normalized spacial score (nSPS) is 19.7. The maximum Gasteiger partial charge on any atom is 0.243 e. The third kappa shape index (κ3) is 2.57. The van der Waals surface area contributed by atoms with Crippen molar-refractivity contribution in [1.82, 2.24) is 14.4 Å². The lowest BCUT2D eigenvalue weighted by Crippen LogP contribution is -2.48. The highest BCUT2D eigenvalue weighted by molar-refractivity contribution is 7.89. The molecule has 2 aliphatic rings. The second-order valence-corrected chi connectivity index (χ2v) is 8.46. The minimum absolute atomic E-state index is 0.00975. The first-order valence-corrected chi connectivity index (χ1v) is 9.30. The maximum absolute atomic E-state index is 12.7. The van der Waals surface area contributed by atoms with Crippen LogP contribution in [0.2, 0.25) is 0 Å². The Balaban J connectivity index is 1.49. The van der Waals surface area contributed by atoms with Gasteiger partial charge >= 0.3 is 0 Å². The molecule has 0 atom stereocenters. The highest BCUT2D eigenvalue weighted by Crippen LogP contribution is 2.39. The predicted octanol–water partition coefficient (Wildman–Crippen LogP) is 2.35. The van der Waals surface area contributed by atoms with Gasteiger partial charge in [0.1, 0.15) is 0 Å². The molecule has 1 aromatic carbocycles. The zero-order valence-corrected chi connectivity index (χ0v) is 14.0. The summed E-state index contributed by atoms with van der Waals surface area (Å²) in [4.78, 5) is 4.79. The van der Waals surface area contributed by atoms with E-state index in [1.807, 2.05) is 26.0 Å². The fraction of sp³-hybridized carbons (Fsp3) is 0.500. The Morgan fingerprint density at radius 1 is 1.17 bits per heavy atom. The van der Waals surface area contributed by atoms with Gasteiger partial charge in [-0.3, -0.25) is 0 Å². The van der Waals surface area contributed by atoms with Gasteiger partial charge in [0.2, 0.25) is 15.9 Å². The molecule has 1 aliphatic heterocycles. The number of rotatable bonds is 4. The molecule has 2 aromatic rings. The number of hydrogen-bond acceptors (Lipinski definition) is 5. The Labute approximate surface area is 135 Å². The zero-order valence-electron chi connectivity index (χ0n) is 13.2. The molecule has 1 saturated carbocycles. The van der Waals surface area contributed by atoms with E-state index in [9.17, 15) is 8.42 Å². The van der Waals surface area contributed by atoms with E-state index in [1.165, 1.54) is 4.31 Å². The molecule has 0 bridgehead atoms. The lowest BCUT2D eigenvalue weighted by molar-refractivity contribution is 0.216. The Bertz CT molecular complexity index is 849. The molecule has 0 unspecified atom stereocenters. The summed E-state index contributed by atoms with van der Waals surface area (Å²) in [6.45, 7) is 4.59. The van der Waals surface area contributed by atoms with Gasteiger partial charge in [-0.25, -0.2) is 8.42 Å². The van der Waals surface area contributed by atoms with Crippen molar-refractivity contribution in [2.24, 2.45) is 0 Å². The Hall–Kier alpha value is -1.73. The third-order valence-electron chi connectivity index (χ3n) is 4.55. The Kier molecular flexibility index (Phi) is 3.32. The molecule has 2 fully saturated rings. The number of nitrogens with zero attached hydrogens (tertiary/aromatic N) is 3. The van der Waals surface area contributed by atoms with Crippen LogP contribution in [0.5, 0.6) is 0 Å². The molecular formula is C16H19N3O3S. The highest BCUT2D eigenvalue weighted by atomic mass is 32.2. The van der Waals surface area contributed by atoms with Gasteiger partial charge in [-0.1, -0.05) is 22.9 Å². The molecule has 2 heterocycles. The lowest BCUT2D eigenvalue weighted by Gasteiger charge is -2.36. The standard InChI is InChI=1S/C16H19N3O3S/c1-10-3-6-14(11(2)7-10)23(20,21)19-8-13(9-19)16-17-15(18-22-16)12-4-5-12/h3,6-7,12-13H,4-5,8-9H2,1-2H3. The molecule has 23 heavy (non-hydrogen) atoms. The lowest BCUT2D eigenvalue weighted by atomic mass is 10.0. The largest absolute Gasteiger partial charge is 0.339 e. The van der Waals surface area contributed by atoms with Crippen LogP contribution in [0.15, 0.2) is 27.6 Å². The van der Waals surface area contributed by atoms with Crippen LogP contribution in [0.25, 0.3) is 0 Å². The van der Waals surface area contributed by atoms with Crippen molar-refractivity contribution in [2.75, 3.05) is 13.1 Å². The maximum atomic E-state index is 12.7. The van der Waals surface area contributed by atoms with Crippen molar-refractivity contribution in [1.29, 1.82) is 0 Å². The van der Waals surface area contributed by atoms with Crippen LogP contribution in [0.1, 0.15) is 47.5 Å². The van der Waals surface area contributed by atoms with E-state index < -0.39 is 10.0 Å². The SMILES string of the molecule is Cc1ccc(S(=O)(=O)N2CC(c3nc(C4CC4)no3)C2)c(C)c1. The van der Waals surface area contributed by atoms with Crippen LogP contribution >= 0.6 is 0 Å². The number of benzene rings is 1. The smallest absolute Gasteiger partial charge is 0.243 e. The van der Waals surface area contributed by atoms with E-state index in [-0.39, 0.29) is 5.92 Å². The van der Waals surface area contributed by atoms with Crippen molar-refractivity contribution >= 4 is 10.0 Å². The summed E-state index contributed by atoms with van der Waals surface area (Å²) in [5, 5.41) is 4.00. The van der Waals surface area contributed by atoms with E-state index in [4.69, 9.17) is 4.52 Å². The van der Waals surface area contributed by atoms with Crippen LogP contribution < -0.4 is 0 Å². The second-order valence-electron chi connectivity index (χ2n) is 6.55. The van der Waals surface area contributed by atoms with Gasteiger partial charge < -0.3 is 4.52 Å². The van der Waals surface area contributed by atoms with Crippen LogP contribution in [0, 0.1) is 13.8 Å². The van der Waals surface area contributed by atoms with Crippen molar-refractivity contribution in [3.05, 3.63) is 41.0 Å². The summed E-state index contributed by atoms with van der Waals surface area (Å²) in [5.41, 5.74) is 1.84. The fourth-order valence-corrected chi connectivity index (χ4v) is 4.68. The van der Waals surface area contributed by atoms with Gasteiger partial charge in [0, 0.05) is 19.0 Å². The monoisotopic (exact) mass is 333 g/mol. The molecule has 1 saturated heterocycles. The van der Waals surface area contributed by atoms with Gasteiger partial charge in [-0.15, -0.1) is 0 Å². The molecule has 7 heteroatoms. The van der Waals surface area contributed by atoms with Gasteiger partial charge in [0.25, 0.3) is 0 Å². The van der Waals surface area contributed by atoms with E-state index >= 15 is 0 Å². The molecule has 0 radical (unpaired) electrons. The molecule has 0 N–H and O–H groups in total. The first kappa shape index (κ1) is 14.8. The molecule has 1 aromatic heterocycles. The number of aryl methyl sites for hydroxylation is 2. The summed E-state index contributed by atoms with van der Waals surface area (Å²) in [6, 6.07) is 5.41. The molecule has 4 rings (SSSR count). The molecular weight excluding hydrogens is 314 g/mol. The van der Waals surface area contributed by atoms with Crippen molar-refractivity contribution < 1.29 is 12.9 Å². The Morgan fingerprint density at radius 3 is 2.57 bits per heavy atom. The number of aromatic nitrogens is 2. The zero-order chi connectivity index (χ0) is 16.2. The molecule has 0 spiro atoms. The predicted molar refractivity (Wildman–Crippen MR) is 83.7 cm³/mol. The summed E-state index contributed by atoms with van der Waals surface area (Å²) in [5.74, 6) is 1.80. The van der Waals surface area contributed by atoms with E-state index in [0.29, 0.717) is 29.8 Å². The average molecular weight is 333 g/mol. The molecule has 0 amide bonds. The van der Waals surface area contributed by atoms with Crippen molar-refractivity contribution in [2.45, 2.75) is 43.4 Å². The van der Waals surface area contributed by atoms with Crippen LogP contribution in [0.4, 0.5) is 0 Å². The fourth-order valence-electron chi connectivity index (χ4n) is 2.94. The van der Waals surface area contributed by atoms with Crippen LogP contribution in [-0.4, -0.2) is 36.0 Å². The topological polar surface area (TPSA) is 76.3 Å². The van der Waals surface area contributed by atoms with Crippen LogP contribution in [0.3, 0.4) is 0 Å². The first-order valence-electron chi connectivity index (χ1n) is 7.86. The van der Waals surface area contributed by atoms with Crippen LogP contribution in [-0.2, 0) is 10.0 Å². The van der Waals surface area contributed by atoms with E-state index in [0.717, 1.165) is 29.8 Å². The number of hydrogen-bond donors (Lipinski definition) is 0. The van der Waals surface area contributed by atoms with Gasteiger partial charge in [0.05, 0.1) is 10.8 Å². The molecule has 122 valence electrons. The summed E-state index contributed by atoms with van der Waals surface area (Å²) in [6.07, 6.45) is 2.24. The van der Waals surface area contributed by atoms with Gasteiger partial charge in [0.15, 0.2) is 5.82 Å². The minimum Gasteiger partial charge on any atom is -0.339 e. The van der Waals surface area contributed by atoms with Crippen molar-refractivity contribution in [3.63, 3.8) is 0 Å². The summed E-state index contributed by atoms with van der Waals surface area (Å²) >= 11 is 0. The average Bonchev–Trinajstić information content (AvgIpc) is 3.16. The van der Waals surface area contributed by atoms with Crippen molar-refractivity contribution in [3.8, 4) is 0 Å². The summed E-state index contributed by atoms with van der Waals surface area (Å²) < 4.78 is 32.2. The van der Waals surface area contributed by atoms with Gasteiger partial charge in [-0.2, -0.15) is 9.29 Å². The third-order valence-corrected chi connectivity index (χ3v) is 6.54. The molecule has 6 nitrogen and oxygen atoms in total. The quantitative estimate of drug-likeness (QED) is 0.858.